The number of carbonyl (C=O) groups excluding carboxylic acids is 2. The molecule has 1 aliphatic carbocycles. The monoisotopic (exact) mass is 374 g/mol. The molecule has 0 spiro atoms. The summed E-state index contributed by atoms with van der Waals surface area (Å²) in [5, 5.41) is 2.95. The van der Waals surface area contributed by atoms with Crippen LogP contribution in [-0.4, -0.2) is 39.1 Å². The molecule has 0 bridgehead atoms. The van der Waals surface area contributed by atoms with Gasteiger partial charge in [0.2, 0.25) is 11.8 Å². The van der Waals surface area contributed by atoms with Gasteiger partial charge in [-0.15, -0.1) is 0 Å². The Bertz CT molecular complexity index is 685. The molecule has 2 rings (SSSR count). The minimum atomic E-state index is -0.123. The Morgan fingerprint density at radius 2 is 1.93 bits per heavy atom. The first kappa shape index (κ1) is 20.8. The molecular formula is C21H30N2O4. The number of benzene rings is 1. The standard InChI is InChI=1S/C21H30N2O4/c1-16(24)23(18-9-10-19(26-2)20(15-18)27-3)14-12-21(25)22-13-11-17-7-5-4-6-8-17/h7,9-10,15H,4-6,8,11-14H2,1-3H3,(H,22,25). The van der Waals surface area contributed by atoms with Crippen LogP contribution in [0.15, 0.2) is 29.8 Å². The van der Waals surface area contributed by atoms with Crippen LogP contribution in [0.2, 0.25) is 0 Å². The molecule has 0 radical (unpaired) electrons. The molecule has 0 heterocycles. The van der Waals surface area contributed by atoms with Crippen molar-refractivity contribution in [1.29, 1.82) is 0 Å². The molecule has 0 aromatic heterocycles. The molecule has 1 N–H and O–H groups in total. The maximum Gasteiger partial charge on any atom is 0.223 e. The van der Waals surface area contributed by atoms with Crippen LogP contribution in [0.1, 0.15) is 45.4 Å². The molecule has 148 valence electrons. The fourth-order valence-electron chi connectivity index (χ4n) is 3.26. The Morgan fingerprint density at radius 1 is 1.15 bits per heavy atom. The summed E-state index contributed by atoms with van der Waals surface area (Å²) in [5.74, 6) is 0.978. The molecule has 0 saturated carbocycles. The lowest BCUT2D eigenvalue weighted by Gasteiger charge is -2.22. The summed E-state index contributed by atoms with van der Waals surface area (Å²) < 4.78 is 10.5. The second kappa shape index (κ2) is 10.6. The highest BCUT2D eigenvalue weighted by Crippen LogP contribution is 2.31. The lowest BCUT2D eigenvalue weighted by molar-refractivity contribution is -0.121. The van der Waals surface area contributed by atoms with E-state index in [-0.39, 0.29) is 18.2 Å². The molecule has 1 aromatic carbocycles. The van der Waals surface area contributed by atoms with Crippen LogP contribution < -0.4 is 19.7 Å². The van der Waals surface area contributed by atoms with Crippen molar-refractivity contribution in [2.45, 2.75) is 45.4 Å². The summed E-state index contributed by atoms with van der Waals surface area (Å²) in [6.07, 6.45) is 8.29. The molecule has 0 unspecified atom stereocenters. The first-order chi connectivity index (χ1) is 13.0. The summed E-state index contributed by atoms with van der Waals surface area (Å²) in [6, 6.07) is 5.28. The fourth-order valence-corrected chi connectivity index (χ4v) is 3.26. The molecule has 0 fully saturated rings. The van der Waals surface area contributed by atoms with Gasteiger partial charge in [-0.3, -0.25) is 9.59 Å². The maximum absolute atomic E-state index is 12.2. The van der Waals surface area contributed by atoms with E-state index in [1.807, 2.05) is 0 Å². The Hall–Kier alpha value is -2.50. The maximum atomic E-state index is 12.2. The van der Waals surface area contributed by atoms with Gasteiger partial charge in [-0.25, -0.2) is 0 Å². The number of nitrogens with zero attached hydrogens (tertiary/aromatic N) is 1. The third-order valence-corrected chi connectivity index (χ3v) is 4.77. The van der Waals surface area contributed by atoms with Crippen molar-refractivity contribution < 1.29 is 19.1 Å². The average Bonchev–Trinajstić information content (AvgIpc) is 2.68. The summed E-state index contributed by atoms with van der Waals surface area (Å²) in [4.78, 5) is 25.8. The molecule has 6 nitrogen and oxygen atoms in total. The zero-order valence-corrected chi connectivity index (χ0v) is 16.5. The van der Waals surface area contributed by atoms with Crippen LogP contribution >= 0.6 is 0 Å². The number of carbonyl (C=O) groups is 2. The van der Waals surface area contributed by atoms with Gasteiger partial charge in [0.25, 0.3) is 0 Å². The second-order valence-electron chi connectivity index (χ2n) is 6.67. The quantitative estimate of drug-likeness (QED) is 0.672. The van der Waals surface area contributed by atoms with Crippen molar-refractivity contribution in [2.75, 3.05) is 32.2 Å². The Balaban J connectivity index is 1.87. The van der Waals surface area contributed by atoms with E-state index in [1.54, 1.807) is 37.3 Å². The van der Waals surface area contributed by atoms with E-state index < -0.39 is 0 Å². The number of amides is 2. The average molecular weight is 374 g/mol. The summed E-state index contributed by atoms with van der Waals surface area (Å²) in [7, 11) is 3.11. The van der Waals surface area contributed by atoms with Crippen LogP contribution in [-0.2, 0) is 9.59 Å². The van der Waals surface area contributed by atoms with Crippen molar-refractivity contribution in [1.82, 2.24) is 5.32 Å². The van der Waals surface area contributed by atoms with Crippen molar-refractivity contribution >= 4 is 17.5 Å². The molecule has 27 heavy (non-hydrogen) atoms. The highest BCUT2D eigenvalue weighted by Gasteiger charge is 2.16. The van der Waals surface area contributed by atoms with Gasteiger partial charge in [0.15, 0.2) is 11.5 Å². The van der Waals surface area contributed by atoms with Crippen LogP contribution in [0, 0.1) is 0 Å². The Morgan fingerprint density at radius 3 is 2.56 bits per heavy atom. The number of nitrogens with one attached hydrogen (secondary N) is 1. The van der Waals surface area contributed by atoms with Gasteiger partial charge in [-0.05, 0) is 44.2 Å². The lowest BCUT2D eigenvalue weighted by Crippen LogP contribution is -2.34. The van der Waals surface area contributed by atoms with E-state index in [9.17, 15) is 9.59 Å². The van der Waals surface area contributed by atoms with Gasteiger partial charge in [-0.2, -0.15) is 0 Å². The summed E-state index contributed by atoms with van der Waals surface area (Å²) >= 11 is 0. The zero-order valence-electron chi connectivity index (χ0n) is 16.5. The number of ether oxygens (including phenoxy) is 2. The van der Waals surface area contributed by atoms with E-state index in [0.29, 0.717) is 30.3 Å². The number of anilines is 1. The molecule has 2 amide bonds. The van der Waals surface area contributed by atoms with Crippen molar-refractivity contribution in [3.05, 3.63) is 29.8 Å². The SMILES string of the molecule is COc1ccc(N(CCC(=O)NCCC2=CCCCC2)C(C)=O)cc1OC. The lowest BCUT2D eigenvalue weighted by atomic mass is 9.97. The van der Waals surface area contributed by atoms with E-state index in [4.69, 9.17) is 9.47 Å². The van der Waals surface area contributed by atoms with Crippen molar-refractivity contribution in [3.63, 3.8) is 0 Å². The highest BCUT2D eigenvalue weighted by molar-refractivity contribution is 5.92. The third kappa shape index (κ3) is 6.31. The topological polar surface area (TPSA) is 67.9 Å². The number of methoxy groups -OCH3 is 2. The molecule has 1 aromatic rings. The van der Waals surface area contributed by atoms with Crippen LogP contribution in [0.25, 0.3) is 0 Å². The molecule has 0 atom stereocenters. The van der Waals surface area contributed by atoms with Crippen LogP contribution in [0.5, 0.6) is 11.5 Å². The Labute approximate surface area is 161 Å². The van der Waals surface area contributed by atoms with Crippen molar-refractivity contribution in [3.8, 4) is 11.5 Å². The molecular weight excluding hydrogens is 344 g/mol. The first-order valence-corrected chi connectivity index (χ1v) is 9.50. The molecule has 6 heteroatoms. The van der Waals surface area contributed by atoms with Gasteiger partial charge in [-0.1, -0.05) is 11.6 Å². The van der Waals surface area contributed by atoms with Gasteiger partial charge in [0, 0.05) is 38.2 Å². The number of rotatable bonds is 9. The number of hydrogen-bond donors (Lipinski definition) is 1. The zero-order chi connectivity index (χ0) is 19.6. The largest absolute Gasteiger partial charge is 0.493 e. The normalized spacial score (nSPS) is 13.5. The van der Waals surface area contributed by atoms with Gasteiger partial charge in [0.1, 0.15) is 0 Å². The number of hydrogen-bond acceptors (Lipinski definition) is 4. The fraction of sp³-hybridized carbons (Fsp3) is 0.524. The third-order valence-electron chi connectivity index (χ3n) is 4.77. The first-order valence-electron chi connectivity index (χ1n) is 9.50. The predicted octanol–water partition coefficient (Wildman–Crippen LogP) is 3.45. The molecule has 0 saturated heterocycles. The molecule has 1 aliphatic rings. The smallest absolute Gasteiger partial charge is 0.223 e. The molecule has 0 aliphatic heterocycles. The second-order valence-corrected chi connectivity index (χ2v) is 6.67. The van der Waals surface area contributed by atoms with E-state index in [0.717, 1.165) is 19.3 Å². The van der Waals surface area contributed by atoms with Crippen molar-refractivity contribution in [2.24, 2.45) is 0 Å². The predicted molar refractivity (Wildman–Crippen MR) is 106 cm³/mol. The Kier molecular flexibility index (Phi) is 8.17. The minimum absolute atomic E-state index is 0.0434. The van der Waals surface area contributed by atoms with E-state index in [1.165, 1.54) is 25.3 Å². The number of allylic oxidation sites excluding steroid dienone is 1. The summed E-state index contributed by atoms with van der Waals surface area (Å²) in [5.41, 5.74) is 2.12. The highest BCUT2D eigenvalue weighted by atomic mass is 16.5. The van der Waals surface area contributed by atoms with Gasteiger partial charge >= 0.3 is 0 Å². The van der Waals surface area contributed by atoms with Crippen LogP contribution in [0.4, 0.5) is 5.69 Å². The van der Waals surface area contributed by atoms with Gasteiger partial charge in [0.05, 0.1) is 14.2 Å². The van der Waals surface area contributed by atoms with E-state index in [2.05, 4.69) is 11.4 Å². The van der Waals surface area contributed by atoms with Gasteiger partial charge < -0.3 is 19.7 Å². The summed E-state index contributed by atoms with van der Waals surface area (Å²) in [6.45, 7) is 2.46. The van der Waals surface area contributed by atoms with E-state index >= 15 is 0 Å². The van der Waals surface area contributed by atoms with Crippen LogP contribution in [0.3, 0.4) is 0 Å². The minimum Gasteiger partial charge on any atom is -0.493 e.